The van der Waals surface area contributed by atoms with Gasteiger partial charge in [0.1, 0.15) is 0 Å². The smallest absolute Gasteiger partial charge is 0.312 e. The second-order valence-electron chi connectivity index (χ2n) is 4.34. The standard InChI is InChI=1S/C10H18N4O2/c1-2-7-4-3-5-11-8(7)6-14-9(15)12-13-10(14)16/h7-8,11H,2-6H2,1H3,(H,12,15)(H,13,16). The fourth-order valence-corrected chi connectivity index (χ4v) is 2.42. The molecule has 1 saturated heterocycles. The minimum absolute atomic E-state index is 0.230. The molecule has 1 aromatic rings. The topological polar surface area (TPSA) is 82.7 Å². The fraction of sp³-hybridized carbons (Fsp3) is 0.800. The predicted molar refractivity (Wildman–Crippen MR) is 60.5 cm³/mol. The van der Waals surface area contributed by atoms with Gasteiger partial charge in [-0.2, -0.15) is 0 Å². The van der Waals surface area contributed by atoms with Gasteiger partial charge in [-0.3, -0.25) is 0 Å². The molecule has 2 atom stereocenters. The van der Waals surface area contributed by atoms with Crippen molar-refractivity contribution in [2.75, 3.05) is 6.54 Å². The van der Waals surface area contributed by atoms with Crippen LogP contribution in [-0.2, 0) is 6.54 Å². The maximum atomic E-state index is 11.4. The van der Waals surface area contributed by atoms with Crippen LogP contribution >= 0.6 is 0 Å². The van der Waals surface area contributed by atoms with Gasteiger partial charge < -0.3 is 5.32 Å². The van der Waals surface area contributed by atoms with Gasteiger partial charge in [0.25, 0.3) is 0 Å². The lowest BCUT2D eigenvalue weighted by atomic mass is 9.88. The van der Waals surface area contributed by atoms with Gasteiger partial charge in [0, 0.05) is 12.6 Å². The van der Waals surface area contributed by atoms with E-state index in [1.807, 2.05) is 0 Å². The van der Waals surface area contributed by atoms with Gasteiger partial charge in [-0.1, -0.05) is 13.3 Å². The molecular formula is C10H18N4O2. The van der Waals surface area contributed by atoms with Crippen LogP contribution in [0, 0.1) is 5.92 Å². The molecule has 2 unspecified atom stereocenters. The van der Waals surface area contributed by atoms with Crippen LogP contribution in [0.4, 0.5) is 0 Å². The Labute approximate surface area is 93.0 Å². The van der Waals surface area contributed by atoms with E-state index in [-0.39, 0.29) is 17.4 Å². The third kappa shape index (κ3) is 2.11. The van der Waals surface area contributed by atoms with Gasteiger partial charge in [0.15, 0.2) is 0 Å². The van der Waals surface area contributed by atoms with Crippen LogP contribution in [0.2, 0.25) is 0 Å². The molecule has 1 aliphatic rings. The van der Waals surface area contributed by atoms with E-state index < -0.39 is 0 Å². The Morgan fingerprint density at radius 2 is 2.00 bits per heavy atom. The Hall–Kier alpha value is -1.30. The highest BCUT2D eigenvalue weighted by Crippen LogP contribution is 2.20. The maximum Gasteiger partial charge on any atom is 0.344 e. The normalized spacial score (nSPS) is 25.8. The second-order valence-corrected chi connectivity index (χ2v) is 4.34. The van der Waals surface area contributed by atoms with Crippen molar-refractivity contribution in [3.63, 3.8) is 0 Å². The monoisotopic (exact) mass is 226 g/mol. The molecule has 0 spiro atoms. The summed E-state index contributed by atoms with van der Waals surface area (Å²) in [5.74, 6) is 0.551. The Morgan fingerprint density at radius 3 is 2.62 bits per heavy atom. The summed E-state index contributed by atoms with van der Waals surface area (Å²) in [4.78, 5) is 22.7. The third-order valence-corrected chi connectivity index (χ3v) is 3.40. The summed E-state index contributed by atoms with van der Waals surface area (Å²) in [5, 5.41) is 7.99. The average Bonchev–Trinajstić information content (AvgIpc) is 2.61. The van der Waals surface area contributed by atoms with E-state index in [0.29, 0.717) is 12.5 Å². The first kappa shape index (κ1) is 11.2. The first-order valence-corrected chi connectivity index (χ1v) is 5.83. The number of hydrogen-bond donors (Lipinski definition) is 3. The van der Waals surface area contributed by atoms with E-state index in [2.05, 4.69) is 22.4 Å². The minimum atomic E-state index is -0.354. The van der Waals surface area contributed by atoms with Crippen LogP contribution in [0.3, 0.4) is 0 Å². The van der Waals surface area contributed by atoms with E-state index in [0.717, 1.165) is 13.0 Å². The lowest BCUT2D eigenvalue weighted by Crippen LogP contribution is -2.47. The molecule has 3 N–H and O–H groups in total. The van der Waals surface area contributed by atoms with Crippen molar-refractivity contribution in [3.05, 3.63) is 21.0 Å². The third-order valence-electron chi connectivity index (χ3n) is 3.40. The second kappa shape index (κ2) is 4.69. The molecule has 0 saturated carbocycles. The summed E-state index contributed by atoms with van der Waals surface area (Å²) >= 11 is 0. The summed E-state index contributed by atoms with van der Waals surface area (Å²) in [6, 6.07) is 0.230. The number of hydrogen-bond acceptors (Lipinski definition) is 3. The van der Waals surface area contributed by atoms with Gasteiger partial charge in [-0.25, -0.2) is 24.4 Å². The number of nitrogens with one attached hydrogen (secondary N) is 3. The number of aromatic nitrogens is 3. The highest BCUT2D eigenvalue weighted by molar-refractivity contribution is 4.82. The first-order valence-electron chi connectivity index (χ1n) is 5.83. The lowest BCUT2D eigenvalue weighted by molar-refractivity contribution is 0.246. The SMILES string of the molecule is CCC1CCCNC1Cn1c(=O)[nH][nH]c1=O. The van der Waals surface area contributed by atoms with Crippen molar-refractivity contribution < 1.29 is 0 Å². The largest absolute Gasteiger partial charge is 0.344 e. The zero-order valence-corrected chi connectivity index (χ0v) is 9.45. The average molecular weight is 226 g/mol. The zero-order chi connectivity index (χ0) is 11.5. The van der Waals surface area contributed by atoms with E-state index in [4.69, 9.17) is 0 Å². The molecule has 2 rings (SSSR count). The highest BCUT2D eigenvalue weighted by Gasteiger charge is 2.24. The molecule has 0 bridgehead atoms. The minimum Gasteiger partial charge on any atom is -0.312 e. The molecular weight excluding hydrogens is 208 g/mol. The zero-order valence-electron chi connectivity index (χ0n) is 9.45. The molecule has 0 amide bonds. The van der Waals surface area contributed by atoms with Crippen LogP contribution in [-0.4, -0.2) is 27.4 Å². The first-order chi connectivity index (χ1) is 7.72. The fourth-order valence-electron chi connectivity index (χ4n) is 2.42. The molecule has 0 aliphatic carbocycles. The van der Waals surface area contributed by atoms with Gasteiger partial charge >= 0.3 is 11.4 Å². The number of rotatable bonds is 3. The summed E-state index contributed by atoms with van der Waals surface area (Å²) in [6.45, 7) is 3.57. The van der Waals surface area contributed by atoms with Gasteiger partial charge in [0.05, 0.1) is 0 Å². The van der Waals surface area contributed by atoms with E-state index in [1.54, 1.807) is 0 Å². The molecule has 0 radical (unpaired) electrons. The summed E-state index contributed by atoms with van der Waals surface area (Å²) < 4.78 is 1.23. The van der Waals surface area contributed by atoms with Crippen molar-refractivity contribution in [2.24, 2.45) is 5.92 Å². The van der Waals surface area contributed by atoms with E-state index in [9.17, 15) is 9.59 Å². The van der Waals surface area contributed by atoms with E-state index >= 15 is 0 Å². The van der Waals surface area contributed by atoms with Crippen LogP contribution < -0.4 is 16.7 Å². The lowest BCUT2D eigenvalue weighted by Gasteiger charge is -2.31. The summed E-state index contributed by atoms with van der Waals surface area (Å²) in [6.07, 6.45) is 3.42. The van der Waals surface area contributed by atoms with Crippen molar-refractivity contribution in [3.8, 4) is 0 Å². The molecule has 2 heterocycles. The number of aromatic amines is 2. The molecule has 1 fully saturated rings. The summed E-state index contributed by atoms with van der Waals surface area (Å²) in [7, 11) is 0. The molecule has 1 aliphatic heterocycles. The van der Waals surface area contributed by atoms with Crippen molar-refractivity contribution in [1.82, 2.24) is 20.1 Å². The van der Waals surface area contributed by atoms with Crippen LogP contribution in [0.5, 0.6) is 0 Å². The quantitative estimate of drug-likeness (QED) is 0.658. The van der Waals surface area contributed by atoms with E-state index in [1.165, 1.54) is 17.4 Å². The van der Waals surface area contributed by atoms with Crippen molar-refractivity contribution >= 4 is 0 Å². The van der Waals surface area contributed by atoms with Gasteiger partial charge in [-0.05, 0) is 25.3 Å². The maximum absolute atomic E-state index is 11.4. The highest BCUT2D eigenvalue weighted by atomic mass is 16.2. The predicted octanol–water partition coefficient (Wildman–Crippen LogP) is -0.357. The molecule has 6 nitrogen and oxygen atoms in total. The molecule has 16 heavy (non-hydrogen) atoms. The van der Waals surface area contributed by atoms with Crippen LogP contribution in [0.1, 0.15) is 26.2 Å². The Bertz CT molecular complexity index is 417. The van der Waals surface area contributed by atoms with Crippen LogP contribution in [0.25, 0.3) is 0 Å². The van der Waals surface area contributed by atoms with Crippen molar-refractivity contribution in [2.45, 2.75) is 38.8 Å². The molecule has 90 valence electrons. The number of piperidine rings is 1. The molecule has 0 aromatic carbocycles. The van der Waals surface area contributed by atoms with Crippen LogP contribution in [0.15, 0.2) is 9.59 Å². The Morgan fingerprint density at radius 1 is 1.31 bits per heavy atom. The Balaban J connectivity index is 2.14. The number of H-pyrrole nitrogens is 2. The molecule has 1 aromatic heterocycles. The summed E-state index contributed by atoms with van der Waals surface area (Å²) in [5.41, 5.74) is -0.709. The van der Waals surface area contributed by atoms with Gasteiger partial charge in [0.2, 0.25) is 0 Å². The van der Waals surface area contributed by atoms with Gasteiger partial charge in [-0.15, -0.1) is 0 Å². The Kier molecular flexibility index (Phi) is 3.28. The van der Waals surface area contributed by atoms with Crippen molar-refractivity contribution in [1.29, 1.82) is 0 Å². The number of nitrogens with zero attached hydrogens (tertiary/aromatic N) is 1. The molecule has 6 heteroatoms.